The molecule has 2 N–H and O–H groups in total. The molecule has 2 heterocycles. The minimum Gasteiger partial charge on any atom is -0.508 e. The van der Waals surface area contributed by atoms with Gasteiger partial charge < -0.3 is 24.7 Å². The molecule has 166 valence electrons. The second kappa shape index (κ2) is 14.2. The summed E-state index contributed by atoms with van der Waals surface area (Å²) in [5, 5.41) is 15.6. The number of hydrogen-bond acceptors (Lipinski definition) is 6. The fraction of sp³-hybridized carbons (Fsp3) is 0.500. The van der Waals surface area contributed by atoms with Gasteiger partial charge in [-0.15, -0.1) is 11.8 Å². The van der Waals surface area contributed by atoms with Crippen molar-refractivity contribution in [3.8, 4) is 11.5 Å². The highest BCUT2D eigenvalue weighted by atomic mass is 32.2. The minimum atomic E-state index is 0.322. The van der Waals surface area contributed by atoms with Crippen molar-refractivity contribution < 1.29 is 14.9 Å². The number of ether oxygens (including phenoxy) is 1. The monoisotopic (exact) mass is 432 g/mol. The number of thioether (sulfide) groups is 1. The van der Waals surface area contributed by atoms with Crippen molar-refractivity contribution in [3.05, 3.63) is 48.5 Å². The van der Waals surface area contributed by atoms with Crippen molar-refractivity contribution in [2.24, 2.45) is 0 Å². The molecule has 0 saturated carbocycles. The summed E-state index contributed by atoms with van der Waals surface area (Å²) in [7, 11) is 3.17. The number of aliphatic hydroxyl groups excluding tert-OH is 1. The molecule has 6 heteroatoms. The summed E-state index contributed by atoms with van der Waals surface area (Å²) >= 11 is 1.94. The number of rotatable bonds is 5. The molecule has 30 heavy (non-hydrogen) atoms. The van der Waals surface area contributed by atoms with E-state index in [1.54, 1.807) is 24.3 Å². The van der Waals surface area contributed by atoms with E-state index in [0.29, 0.717) is 5.75 Å². The molecular formula is C24H36N2O3S. The van der Waals surface area contributed by atoms with Gasteiger partial charge in [0.1, 0.15) is 11.5 Å². The first-order valence-electron chi connectivity index (χ1n) is 10.7. The zero-order valence-electron chi connectivity index (χ0n) is 18.3. The Kier molecular flexibility index (Phi) is 11.5. The predicted octanol–water partition coefficient (Wildman–Crippen LogP) is 4.48. The van der Waals surface area contributed by atoms with Crippen LogP contribution in [0.3, 0.4) is 0 Å². The summed E-state index contributed by atoms with van der Waals surface area (Å²) in [6.07, 6.45) is 5.28. The molecule has 0 aromatic heterocycles. The summed E-state index contributed by atoms with van der Waals surface area (Å²) in [4.78, 5) is 6.28. The molecule has 0 atom stereocenters. The van der Waals surface area contributed by atoms with Crippen LogP contribution in [0.2, 0.25) is 0 Å². The number of phenols is 1. The lowest BCUT2D eigenvalue weighted by atomic mass is 10.1. The van der Waals surface area contributed by atoms with E-state index in [0.717, 1.165) is 32.4 Å². The molecule has 2 aromatic rings. The van der Waals surface area contributed by atoms with E-state index in [1.807, 2.05) is 17.8 Å². The Morgan fingerprint density at radius 2 is 1.70 bits per heavy atom. The van der Waals surface area contributed by atoms with Crippen LogP contribution in [0.4, 0.5) is 5.69 Å². The number of nitrogens with zero attached hydrogens (tertiary/aromatic N) is 2. The quantitative estimate of drug-likeness (QED) is 0.679. The van der Waals surface area contributed by atoms with Crippen LogP contribution in [0.15, 0.2) is 53.4 Å². The highest BCUT2D eigenvalue weighted by molar-refractivity contribution is 7.99. The van der Waals surface area contributed by atoms with Crippen molar-refractivity contribution in [3.63, 3.8) is 0 Å². The fourth-order valence-corrected chi connectivity index (χ4v) is 4.62. The van der Waals surface area contributed by atoms with E-state index in [1.165, 1.54) is 55.2 Å². The van der Waals surface area contributed by atoms with Gasteiger partial charge in [0, 0.05) is 44.0 Å². The summed E-state index contributed by atoms with van der Waals surface area (Å²) < 4.78 is 5.95. The lowest BCUT2D eigenvalue weighted by molar-refractivity contribution is 0.205. The summed E-state index contributed by atoms with van der Waals surface area (Å²) in [6, 6.07) is 15.2. The number of piperidine rings is 1. The maximum atomic E-state index is 8.63. The Labute approximate surface area is 185 Å². The summed E-state index contributed by atoms with van der Waals surface area (Å²) in [6.45, 7) is 5.69. The van der Waals surface area contributed by atoms with Gasteiger partial charge in [-0.1, -0.05) is 24.6 Å². The molecule has 2 aliphatic heterocycles. The number of aromatic hydroxyl groups is 1. The normalized spacial score (nSPS) is 15.8. The molecular weight excluding hydrogens is 396 g/mol. The van der Waals surface area contributed by atoms with Gasteiger partial charge in [-0.05, 0) is 56.6 Å². The van der Waals surface area contributed by atoms with Gasteiger partial charge in [0.15, 0.2) is 0 Å². The number of anilines is 1. The van der Waals surface area contributed by atoms with Crippen LogP contribution in [-0.2, 0) is 0 Å². The fourth-order valence-electron chi connectivity index (χ4n) is 3.51. The van der Waals surface area contributed by atoms with Crippen LogP contribution in [0.25, 0.3) is 0 Å². The predicted molar refractivity (Wildman–Crippen MR) is 127 cm³/mol. The van der Waals surface area contributed by atoms with Crippen LogP contribution >= 0.6 is 11.8 Å². The van der Waals surface area contributed by atoms with Gasteiger partial charge in [-0.3, -0.25) is 0 Å². The van der Waals surface area contributed by atoms with Crippen LogP contribution in [0, 0.1) is 0 Å². The van der Waals surface area contributed by atoms with Crippen molar-refractivity contribution >= 4 is 17.4 Å². The molecule has 0 spiro atoms. The van der Waals surface area contributed by atoms with Gasteiger partial charge >= 0.3 is 0 Å². The Morgan fingerprint density at radius 3 is 2.37 bits per heavy atom. The average molecular weight is 433 g/mol. The maximum Gasteiger partial charge on any atom is 0.121 e. The Balaban J connectivity index is 0.000000299. The van der Waals surface area contributed by atoms with Crippen molar-refractivity contribution in [1.82, 2.24) is 4.90 Å². The molecule has 1 fully saturated rings. The topological polar surface area (TPSA) is 56.2 Å². The first-order chi connectivity index (χ1) is 14.7. The maximum absolute atomic E-state index is 8.63. The van der Waals surface area contributed by atoms with Gasteiger partial charge in [0.25, 0.3) is 0 Å². The summed E-state index contributed by atoms with van der Waals surface area (Å²) in [5.74, 6) is 2.52. The van der Waals surface area contributed by atoms with Crippen LogP contribution < -0.4 is 9.64 Å². The molecule has 0 radical (unpaired) electrons. The SMILES string of the molecule is CN1CCSc2ccc(OCCCN3CCCCC3)cc21.CO.Oc1ccccc1. The number of aliphatic hydroxyl groups is 1. The van der Waals surface area contributed by atoms with E-state index < -0.39 is 0 Å². The molecule has 0 unspecified atom stereocenters. The minimum absolute atomic E-state index is 0.322. The van der Waals surface area contributed by atoms with Crippen molar-refractivity contribution in [2.75, 3.05) is 57.6 Å². The van der Waals surface area contributed by atoms with Gasteiger partial charge in [-0.2, -0.15) is 0 Å². The van der Waals surface area contributed by atoms with Crippen LogP contribution in [-0.4, -0.2) is 67.8 Å². The highest BCUT2D eigenvalue weighted by Gasteiger charge is 2.15. The third-order valence-electron chi connectivity index (χ3n) is 5.12. The number of phenolic OH excluding ortho intramolecular Hbond substituents is 1. The van der Waals surface area contributed by atoms with E-state index in [4.69, 9.17) is 14.9 Å². The van der Waals surface area contributed by atoms with E-state index >= 15 is 0 Å². The molecule has 2 aliphatic rings. The zero-order valence-corrected chi connectivity index (χ0v) is 19.1. The van der Waals surface area contributed by atoms with E-state index in [2.05, 4.69) is 35.0 Å². The first-order valence-corrected chi connectivity index (χ1v) is 11.7. The molecule has 0 aliphatic carbocycles. The van der Waals surface area contributed by atoms with Gasteiger partial charge in [-0.25, -0.2) is 0 Å². The molecule has 2 aromatic carbocycles. The lowest BCUT2D eigenvalue weighted by Crippen LogP contribution is -2.31. The zero-order chi connectivity index (χ0) is 21.6. The molecule has 5 nitrogen and oxygen atoms in total. The van der Waals surface area contributed by atoms with Gasteiger partial charge in [0.05, 0.1) is 12.3 Å². The average Bonchev–Trinajstić information content (AvgIpc) is 2.80. The van der Waals surface area contributed by atoms with Gasteiger partial charge in [0.2, 0.25) is 0 Å². The number of para-hydroxylation sites is 1. The molecule has 4 rings (SSSR count). The van der Waals surface area contributed by atoms with E-state index in [9.17, 15) is 0 Å². The molecule has 1 saturated heterocycles. The third kappa shape index (κ3) is 8.46. The number of hydrogen-bond donors (Lipinski definition) is 2. The van der Waals surface area contributed by atoms with E-state index in [-0.39, 0.29) is 0 Å². The Morgan fingerprint density at radius 1 is 0.967 bits per heavy atom. The van der Waals surface area contributed by atoms with Crippen LogP contribution in [0.1, 0.15) is 25.7 Å². The summed E-state index contributed by atoms with van der Waals surface area (Å²) in [5.41, 5.74) is 1.32. The standard InChI is InChI=1S/C17H26N2OS.C6H6O.CH4O/c1-18-11-13-21-17-7-6-15(14-16(17)18)20-12-5-10-19-8-3-2-4-9-19;7-6-4-2-1-3-5-6;1-2/h6-7,14H,2-5,8-13H2,1H3;1-5,7H;2H,1H3. The Hall–Kier alpha value is -1.89. The van der Waals surface area contributed by atoms with Crippen molar-refractivity contribution in [1.29, 1.82) is 0 Å². The highest BCUT2D eigenvalue weighted by Crippen LogP contribution is 2.36. The Bertz CT molecular complexity index is 709. The number of fused-ring (bicyclic) bond motifs is 1. The first kappa shape index (κ1) is 24.4. The van der Waals surface area contributed by atoms with Crippen LogP contribution in [0.5, 0.6) is 11.5 Å². The second-order valence-electron chi connectivity index (χ2n) is 7.34. The number of benzene rings is 2. The third-order valence-corrected chi connectivity index (χ3v) is 6.16. The smallest absolute Gasteiger partial charge is 0.121 e. The second-order valence-corrected chi connectivity index (χ2v) is 8.48. The molecule has 0 amide bonds. The largest absolute Gasteiger partial charge is 0.508 e. The van der Waals surface area contributed by atoms with Crippen molar-refractivity contribution in [2.45, 2.75) is 30.6 Å². The molecule has 0 bridgehead atoms. The lowest BCUT2D eigenvalue weighted by Gasteiger charge is -2.27. The number of likely N-dealkylation sites (tertiary alicyclic amines) is 1.